The molecule has 0 spiro atoms. The van der Waals surface area contributed by atoms with Gasteiger partial charge in [0.2, 0.25) is 11.8 Å². The Hall–Kier alpha value is -1.95. The van der Waals surface area contributed by atoms with Crippen LogP contribution in [0.25, 0.3) is 0 Å². The van der Waals surface area contributed by atoms with Gasteiger partial charge in [-0.25, -0.2) is 0 Å². The van der Waals surface area contributed by atoms with Crippen LogP contribution in [-0.4, -0.2) is 58.8 Å². The molecule has 1 aliphatic carbocycles. The molecular weight excluding hydrogens is 340 g/mol. The first-order valence-corrected chi connectivity index (χ1v) is 10.2. The van der Waals surface area contributed by atoms with Crippen molar-refractivity contribution in [2.24, 2.45) is 5.92 Å². The number of hydrogen-bond acceptors (Lipinski definition) is 4. The molecule has 1 saturated heterocycles. The molecule has 0 aromatic carbocycles. The van der Waals surface area contributed by atoms with Crippen LogP contribution in [0.2, 0.25) is 0 Å². The summed E-state index contributed by atoms with van der Waals surface area (Å²) in [5, 5.41) is 3.18. The predicted octanol–water partition coefficient (Wildman–Crippen LogP) is 2.20. The van der Waals surface area contributed by atoms with Gasteiger partial charge in [-0.15, -0.1) is 0 Å². The number of likely N-dealkylation sites (N-methyl/N-ethyl adjacent to an activating group) is 1. The van der Waals surface area contributed by atoms with Crippen molar-refractivity contribution < 1.29 is 9.59 Å². The molecule has 27 heavy (non-hydrogen) atoms. The van der Waals surface area contributed by atoms with Gasteiger partial charge < -0.3 is 10.2 Å². The Morgan fingerprint density at radius 1 is 1.37 bits per heavy atom. The van der Waals surface area contributed by atoms with E-state index in [1.807, 2.05) is 12.1 Å². The number of carbonyl (C=O) groups excluding carboxylic acids is 2. The summed E-state index contributed by atoms with van der Waals surface area (Å²) >= 11 is 0. The van der Waals surface area contributed by atoms with E-state index in [9.17, 15) is 9.59 Å². The van der Waals surface area contributed by atoms with Gasteiger partial charge in [-0.1, -0.05) is 32.3 Å². The van der Waals surface area contributed by atoms with Crippen molar-refractivity contribution in [2.75, 3.05) is 26.7 Å². The summed E-state index contributed by atoms with van der Waals surface area (Å²) in [6.45, 7) is 4.86. The fourth-order valence-corrected chi connectivity index (χ4v) is 4.45. The highest BCUT2D eigenvalue weighted by Crippen LogP contribution is 2.32. The minimum atomic E-state index is -0.248. The number of hydrogen-bond donors (Lipinski definition) is 1. The maximum Gasteiger partial charge on any atom is 0.225 e. The van der Waals surface area contributed by atoms with E-state index in [0.29, 0.717) is 26.1 Å². The van der Waals surface area contributed by atoms with Crippen LogP contribution < -0.4 is 5.32 Å². The lowest BCUT2D eigenvalue weighted by Gasteiger charge is -2.44. The summed E-state index contributed by atoms with van der Waals surface area (Å²) in [6.07, 6.45) is 9.80. The number of nitrogens with one attached hydrogen (secondary N) is 1. The van der Waals surface area contributed by atoms with Gasteiger partial charge in [-0.05, 0) is 38.1 Å². The van der Waals surface area contributed by atoms with Gasteiger partial charge >= 0.3 is 0 Å². The second-order valence-corrected chi connectivity index (χ2v) is 8.05. The molecule has 1 N–H and O–H groups in total. The first-order chi connectivity index (χ1) is 13.0. The molecule has 1 aliphatic heterocycles. The third-order valence-electron chi connectivity index (χ3n) is 6.34. The van der Waals surface area contributed by atoms with E-state index in [4.69, 9.17) is 0 Å². The van der Waals surface area contributed by atoms with Gasteiger partial charge in [0.1, 0.15) is 0 Å². The van der Waals surface area contributed by atoms with Gasteiger partial charge in [0.05, 0.1) is 5.92 Å². The lowest BCUT2D eigenvalue weighted by molar-refractivity contribution is -0.129. The molecule has 6 nitrogen and oxygen atoms in total. The van der Waals surface area contributed by atoms with Crippen LogP contribution in [0.4, 0.5) is 0 Å². The Labute approximate surface area is 162 Å². The van der Waals surface area contributed by atoms with Gasteiger partial charge in [-0.2, -0.15) is 0 Å². The van der Waals surface area contributed by atoms with E-state index in [1.165, 1.54) is 19.3 Å². The van der Waals surface area contributed by atoms with Crippen molar-refractivity contribution in [2.45, 2.75) is 57.5 Å². The zero-order chi connectivity index (χ0) is 19.3. The molecule has 1 atom stereocenters. The average Bonchev–Trinajstić information content (AvgIpc) is 3.07. The van der Waals surface area contributed by atoms with Crippen molar-refractivity contribution in [1.29, 1.82) is 0 Å². The van der Waals surface area contributed by atoms with Gasteiger partial charge in [0, 0.05) is 44.0 Å². The Balaban J connectivity index is 1.55. The van der Waals surface area contributed by atoms with Crippen LogP contribution in [0.5, 0.6) is 0 Å². The molecular formula is C21H32N4O2. The maximum atomic E-state index is 12.8. The quantitative estimate of drug-likeness (QED) is 0.797. The molecule has 2 heterocycles. The number of amides is 2. The molecule has 1 aromatic rings. The first-order valence-electron chi connectivity index (χ1n) is 10.2. The second-order valence-electron chi connectivity index (χ2n) is 8.05. The molecule has 2 amide bonds. The number of aromatic nitrogens is 1. The topological polar surface area (TPSA) is 65.5 Å². The SMILES string of the molecule is CCN(C)C1(CNC(=O)[C@@H]2CC(=O)N(Cc3cccnc3)C2)CCCCC1. The highest BCUT2D eigenvalue weighted by atomic mass is 16.2. The lowest BCUT2D eigenvalue weighted by atomic mass is 9.80. The summed E-state index contributed by atoms with van der Waals surface area (Å²) < 4.78 is 0. The minimum Gasteiger partial charge on any atom is -0.354 e. The molecule has 1 aromatic heterocycles. The standard InChI is InChI=1S/C21H32N4O2/c1-3-24(2)21(9-5-4-6-10-21)16-23-20(27)18-12-19(26)25(15-18)14-17-8-7-11-22-13-17/h7-8,11,13,18H,3-6,9-10,12,14-16H2,1-2H3,(H,23,27)/t18-/m1/s1. The highest BCUT2D eigenvalue weighted by molar-refractivity contribution is 5.89. The van der Waals surface area contributed by atoms with Crippen molar-refractivity contribution in [1.82, 2.24) is 20.1 Å². The van der Waals surface area contributed by atoms with Gasteiger partial charge in [0.25, 0.3) is 0 Å². The molecule has 2 aliphatic rings. The molecule has 2 fully saturated rings. The average molecular weight is 373 g/mol. The molecule has 6 heteroatoms. The number of rotatable bonds is 7. The van der Waals surface area contributed by atoms with Crippen molar-refractivity contribution in [3.05, 3.63) is 30.1 Å². The third-order valence-corrected chi connectivity index (χ3v) is 6.34. The van der Waals surface area contributed by atoms with E-state index >= 15 is 0 Å². The highest BCUT2D eigenvalue weighted by Gasteiger charge is 2.38. The number of pyridine rings is 1. The van der Waals surface area contributed by atoms with Gasteiger partial charge in [0.15, 0.2) is 0 Å². The van der Waals surface area contributed by atoms with Crippen LogP contribution in [0.15, 0.2) is 24.5 Å². The Kier molecular flexibility index (Phi) is 6.47. The zero-order valence-electron chi connectivity index (χ0n) is 16.6. The fourth-order valence-electron chi connectivity index (χ4n) is 4.45. The van der Waals surface area contributed by atoms with Crippen molar-refractivity contribution in [3.8, 4) is 0 Å². The van der Waals surface area contributed by atoms with Gasteiger partial charge in [-0.3, -0.25) is 19.5 Å². The monoisotopic (exact) mass is 372 g/mol. The third kappa shape index (κ3) is 4.67. The van der Waals surface area contributed by atoms with Crippen LogP contribution in [0, 0.1) is 5.92 Å². The van der Waals surface area contributed by atoms with E-state index in [2.05, 4.69) is 29.2 Å². The molecule has 1 saturated carbocycles. The van der Waals surface area contributed by atoms with Crippen LogP contribution in [0.3, 0.4) is 0 Å². The molecule has 0 radical (unpaired) electrons. The van der Waals surface area contributed by atoms with E-state index in [0.717, 1.165) is 24.9 Å². The second kappa shape index (κ2) is 8.83. The molecule has 3 rings (SSSR count). The Morgan fingerprint density at radius 2 is 2.15 bits per heavy atom. The van der Waals surface area contributed by atoms with Crippen molar-refractivity contribution >= 4 is 11.8 Å². The Morgan fingerprint density at radius 3 is 2.81 bits per heavy atom. The summed E-state index contributed by atoms with van der Waals surface area (Å²) in [5.41, 5.74) is 1.07. The minimum absolute atomic E-state index is 0.0199. The van der Waals surface area contributed by atoms with E-state index in [-0.39, 0.29) is 23.3 Å². The van der Waals surface area contributed by atoms with Crippen LogP contribution in [-0.2, 0) is 16.1 Å². The van der Waals surface area contributed by atoms with Crippen LogP contribution in [0.1, 0.15) is 51.0 Å². The molecule has 0 unspecified atom stereocenters. The normalized spacial score (nSPS) is 22.3. The summed E-state index contributed by atoms with van der Waals surface area (Å²) in [4.78, 5) is 33.4. The number of nitrogens with zero attached hydrogens (tertiary/aromatic N) is 3. The first kappa shape index (κ1) is 19.8. The maximum absolute atomic E-state index is 12.8. The van der Waals surface area contributed by atoms with E-state index < -0.39 is 0 Å². The molecule has 0 bridgehead atoms. The fraction of sp³-hybridized carbons (Fsp3) is 0.667. The summed E-state index contributed by atoms with van der Waals surface area (Å²) in [6, 6.07) is 3.83. The van der Waals surface area contributed by atoms with Crippen LogP contribution >= 0.6 is 0 Å². The smallest absolute Gasteiger partial charge is 0.225 e. The van der Waals surface area contributed by atoms with Crippen molar-refractivity contribution in [3.63, 3.8) is 0 Å². The Bertz CT molecular complexity index is 643. The molecule has 148 valence electrons. The largest absolute Gasteiger partial charge is 0.354 e. The summed E-state index contributed by atoms with van der Waals surface area (Å²) in [7, 11) is 2.16. The lowest BCUT2D eigenvalue weighted by Crippen LogP contribution is -2.55. The number of likely N-dealkylation sites (tertiary alicyclic amines) is 1. The van der Waals surface area contributed by atoms with E-state index in [1.54, 1.807) is 17.3 Å². The zero-order valence-corrected chi connectivity index (χ0v) is 16.6. The predicted molar refractivity (Wildman–Crippen MR) is 105 cm³/mol. The summed E-state index contributed by atoms with van der Waals surface area (Å²) in [5.74, 6) is -0.176. The number of carbonyl (C=O) groups is 2.